The zero-order valence-corrected chi connectivity index (χ0v) is 10.4. The number of nitrogens with zero attached hydrogens (tertiary/aromatic N) is 4. The molecule has 1 heterocycles. The molecule has 0 aliphatic heterocycles. The predicted octanol–water partition coefficient (Wildman–Crippen LogP) is 0.242. The summed E-state index contributed by atoms with van der Waals surface area (Å²) in [5, 5.41) is 10.7. The Morgan fingerprint density at radius 2 is 2.41 bits per heavy atom. The van der Waals surface area contributed by atoms with Crippen molar-refractivity contribution < 1.29 is 0 Å². The van der Waals surface area contributed by atoms with Crippen LogP contribution in [0.15, 0.2) is 17.6 Å². The minimum atomic E-state index is 0.596. The van der Waals surface area contributed by atoms with E-state index >= 15 is 0 Å². The Labute approximate surface area is 102 Å². The minimum absolute atomic E-state index is 0.596. The van der Waals surface area contributed by atoms with Gasteiger partial charge in [0.05, 0.1) is 13.1 Å². The molecule has 2 atom stereocenters. The molecule has 0 radical (unpaired) electrons. The van der Waals surface area contributed by atoms with Crippen LogP contribution in [0.3, 0.4) is 0 Å². The molecular formula is C11H20N6. The molecule has 17 heavy (non-hydrogen) atoms. The lowest BCUT2D eigenvalue weighted by molar-refractivity contribution is 0.620. The van der Waals surface area contributed by atoms with E-state index in [1.807, 2.05) is 0 Å². The summed E-state index contributed by atoms with van der Waals surface area (Å²) in [6.45, 7) is 6.68. The van der Waals surface area contributed by atoms with Gasteiger partial charge in [-0.2, -0.15) is 5.10 Å². The Morgan fingerprint density at radius 3 is 3.00 bits per heavy atom. The molecule has 6 heteroatoms. The summed E-state index contributed by atoms with van der Waals surface area (Å²) in [7, 11) is 0. The zero-order valence-electron chi connectivity index (χ0n) is 10.4. The molecule has 2 unspecified atom stereocenters. The number of hydrogen-bond donors (Lipinski definition) is 2. The number of aromatic nitrogens is 3. The highest BCUT2D eigenvalue weighted by molar-refractivity contribution is 5.80. The molecular weight excluding hydrogens is 216 g/mol. The molecule has 1 aromatic rings. The molecule has 1 aromatic heterocycles. The van der Waals surface area contributed by atoms with Gasteiger partial charge in [-0.05, 0) is 19.3 Å². The molecule has 0 saturated heterocycles. The van der Waals surface area contributed by atoms with Crippen molar-refractivity contribution in [2.45, 2.75) is 32.9 Å². The van der Waals surface area contributed by atoms with Crippen molar-refractivity contribution in [2.24, 2.45) is 10.9 Å². The van der Waals surface area contributed by atoms with Crippen molar-refractivity contribution in [1.29, 1.82) is 0 Å². The van der Waals surface area contributed by atoms with E-state index in [2.05, 4.69) is 39.6 Å². The van der Waals surface area contributed by atoms with Crippen LogP contribution >= 0.6 is 0 Å². The highest BCUT2D eigenvalue weighted by Gasteiger charge is 2.33. The van der Waals surface area contributed by atoms with E-state index in [4.69, 9.17) is 0 Å². The van der Waals surface area contributed by atoms with Crippen LogP contribution in [0.25, 0.3) is 0 Å². The Hall–Kier alpha value is -1.59. The quantitative estimate of drug-likeness (QED) is 0.568. The summed E-state index contributed by atoms with van der Waals surface area (Å²) in [5.74, 6) is 1.68. The highest BCUT2D eigenvalue weighted by Crippen LogP contribution is 2.28. The Morgan fingerprint density at radius 1 is 1.59 bits per heavy atom. The monoisotopic (exact) mass is 236 g/mol. The van der Waals surface area contributed by atoms with Crippen molar-refractivity contribution in [3.8, 4) is 0 Å². The summed E-state index contributed by atoms with van der Waals surface area (Å²) >= 11 is 0. The summed E-state index contributed by atoms with van der Waals surface area (Å²) in [6, 6.07) is 0.596. The molecule has 0 amide bonds. The number of rotatable bonds is 5. The molecule has 0 aromatic carbocycles. The van der Waals surface area contributed by atoms with Crippen molar-refractivity contribution in [2.75, 3.05) is 13.1 Å². The maximum Gasteiger partial charge on any atom is 0.191 e. The lowest BCUT2D eigenvalue weighted by atomic mass is 10.5. The summed E-state index contributed by atoms with van der Waals surface area (Å²) in [5.41, 5.74) is 0. The van der Waals surface area contributed by atoms with Crippen molar-refractivity contribution in [3.63, 3.8) is 0 Å². The Kier molecular flexibility index (Phi) is 3.95. The molecule has 1 saturated carbocycles. The van der Waals surface area contributed by atoms with Gasteiger partial charge in [-0.25, -0.2) is 4.98 Å². The maximum atomic E-state index is 4.51. The van der Waals surface area contributed by atoms with Crippen LogP contribution in [0.4, 0.5) is 0 Å². The van der Waals surface area contributed by atoms with Crippen LogP contribution in [-0.2, 0) is 6.54 Å². The Balaban J connectivity index is 1.78. The van der Waals surface area contributed by atoms with Gasteiger partial charge in [0.2, 0.25) is 0 Å². The van der Waals surface area contributed by atoms with Gasteiger partial charge < -0.3 is 10.6 Å². The van der Waals surface area contributed by atoms with Crippen LogP contribution < -0.4 is 10.6 Å². The van der Waals surface area contributed by atoms with Crippen LogP contribution in [0.2, 0.25) is 0 Å². The van der Waals surface area contributed by atoms with Crippen LogP contribution in [0.1, 0.15) is 20.3 Å². The molecule has 0 bridgehead atoms. The minimum Gasteiger partial charge on any atom is -0.357 e. The SMILES string of the molecule is CCNC(=NCCn1cncn1)NC1CC1C. The van der Waals surface area contributed by atoms with Gasteiger partial charge in [-0.3, -0.25) is 9.67 Å². The third-order valence-corrected chi connectivity index (χ3v) is 2.84. The third-order valence-electron chi connectivity index (χ3n) is 2.84. The zero-order chi connectivity index (χ0) is 12.1. The van der Waals surface area contributed by atoms with E-state index in [9.17, 15) is 0 Å². The van der Waals surface area contributed by atoms with E-state index in [1.54, 1.807) is 17.3 Å². The molecule has 1 aliphatic carbocycles. The largest absolute Gasteiger partial charge is 0.357 e. The van der Waals surface area contributed by atoms with Crippen molar-refractivity contribution in [3.05, 3.63) is 12.7 Å². The average Bonchev–Trinajstić information content (AvgIpc) is 2.81. The third kappa shape index (κ3) is 3.72. The van der Waals surface area contributed by atoms with E-state index in [1.165, 1.54) is 6.42 Å². The fourth-order valence-corrected chi connectivity index (χ4v) is 1.63. The molecule has 1 aliphatic rings. The highest BCUT2D eigenvalue weighted by atomic mass is 15.3. The summed E-state index contributed by atoms with van der Waals surface area (Å²) in [4.78, 5) is 8.41. The summed E-state index contributed by atoms with van der Waals surface area (Å²) in [6.07, 6.45) is 4.49. The number of nitrogens with one attached hydrogen (secondary N) is 2. The second-order valence-electron chi connectivity index (χ2n) is 4.38. The second kappa shape index (κ2) is 5.65. The van der Waals surface area contributed by atoms with Gasteiger partial charge in [0.25, 0.3) is 0 Å². The predicted molar refractivity (Wildman–Crippen MR) is 66.7 cm³/mol. The number of guanidine groups is 1. The number of hydrogen-bond acceptors (Lipinski definition) is 3. The van der Waals surface area contributed by atoms with Crippen molar-refractivity contribution >= 4 is 5.96 Å². The molecule has 6 nitrogen and oxygen atoms in total. The van der Waals surface area contributed by atoms with Gasteiger partial charge in [0, 0.05) is 12.6 Å². The molecule has 1 fully saturated rings. The van der Waals surface area contributed by atoms with Gasteiger partial charge in [-0.1, -0.05) is 6.92 Å². The smallest absolute Gasteiger partial charge is 0.191 e. The van der Waals surface area contributed by atoms with E-state index in [-0.39, 0.29) is 0 Å². The Bertz CT molecular complexity index is 358. The first-order chi connectivity index (χ1) is 8.29. The average molecular weight is 236 g/mol. The molecule has 2 rings (SSSR count). The first-order valence-corrected chi connectivity index (χ1v) is 6.17. The lowest BCUT2D eigenvalue weighted by Gasteiger charge is -2.10. The molecule has 0 spiro atoms. The summed E-state index contributed by atoms with van der Waals surface area (Å²) < 4.78 is 1.78. The maximum absolute atomic E-state index is 4.51. The van der Waals surface area contributed by atoms with Crippen LogP contribution in [-0.4, -0.2) is 39.9 Å². The lowest BCUT2D eigenvalue weighted by Crippen LogP contribution is -2.39. The second-order valence-corrected chi connectivity index (χ2v) is 4.38. The first kappa shape index (κ1) is 11.9. The van der Waals surface area contributed by atoms with E-state index in [0.717, 1.165) is 25.0 Å². The van der Waals surface area contributed by atoms with Gasteiger partial charge in [-0.15, -0.1) is 0 Å². The topological polar surface area (TPSA) is 67.1 Å². The van der Waals surface area contributed by atoms with Gasteiger partial charge in [0.1, 0.15) is 12.7 Å². The molecule has 94 valence electrons. The van der Waals surface area contributed by atoms with E-state index in [0.29, 0.717) is 12.6 Å². The van der Waals surface area contributed by atoms with Gasteiger partial charge >= 0.3 is 0 Å². The normalized spacial score (nSPS) is 23.5. The fraction of sp³-hybridized carbons (Fsp3) is 0.727. The van der Waals surface area contributed by atoms with Crippen LogP contribution in [0.5, 0.6) is 0 Å². The molecule has 2 N–H and O–H groups in total. The number of aliphatic imine (C=N–C) groups is 1. The van der Waals surface area contributed by atoms with Crippen molar-refractivity contribution in [1.82, 2.24) is 25.4 Å². The first-order valence-electron chi connectivity index (χ1n) is 6.17. The standard InChI is InChI=1S/C11H20N6/c1-3-13-11(16-10-6-9(10)2)14-4-5-17-8-12-7-15-17/h7-10H,3-6H2,1-2H3,(H2,13,14,16). The van der Waals surface area contributed by atoms with Gasteiger partial charge in [0.15, 0.2) is 5.96 Å². The fourth-order valence-electron chi connectivity index (χ4n) is 1.63. The van der Waals surface area contributed by atoms with Crippen LogP contribution in [0, 0.1) is 5.92 Å². The van der Waals surface area contributed by atoms with E-state index < -0.39 is 0 Å².